The van der Waals surface area contributed by atoms with Crippen molar-refractivity contribution >= 4 is 15.9 Å². The zero-order valence-electron chi connectivity index (χ0n) is 9.11. The van der Waals surface area contributed by atoms with Gasteiger partial charge in [0.15, 0.2) is 0 Å². The number of nitrogens with one attached hydrogen (secondary N) is 1. The summed E-state index contributed by atoms with van der Waals surface area (Å²) in [5, 5.41) is 2.90. The van der Waals surface area contributed by atoms with E-state index in [4.69, 9.17) is 6.42 Å². The summed E-state index contributed by atoms with van der Waals surface area (Å²) in [5.74, 6) is 2.44. The van der Waals surface area contributed by atoms with Crippen molar-refractivity contribution in [3.8, 4) is 12.3 Å². The van der Waals surface area contributed by atoms with E-state index in [-0.39, 0.29) is 6.04 Å². The third-order valence-corrected chi connectivity index (χ3v) is 3.09. The highest BCUT2D eigenvalue weighted by atomic mass is 79.9. The largest absolute Gasteiger partial charge is 0.416 e. The number of terminal acetylenes is 1. The minimum absolute atomic E-state index is 0.295. The van der Waals surface area contributed by atoms with Gasteiger partial charge < -0.3 is 5.32 Å². The number of hydrogen-bond acceptors (Lipinski definition) is 1. The van der Waals surface area contributed by atoms with Gasteiger partial charge in [-0.05, 0) is 30.8 Å². The van der Waals surface area contributed by atoms with E-state index in [1.54, 1.807) is 7.05 Å². The molecule has 0 aromatic heterocycles. The van der Waals surface area contributed by atoms with Gasteiger partial charge in [0.2, 0.25) is 0 Å². The summed E-state index contributed by atoms with van der Waals surface area (Å²) >= 11 is 3.23. The van der Waals surface area contributed by atoms with Crippen LogP contribution in [0.1, 0.15) is 23.6 Å². The SMILES string of the molecule is C#CCC(NC)c1cc(C(F)(F)F)ccc1Br. The summed E-state index contributed by atoms with van der Waals surface area (Å²) in [4.78, 5) is 0. The summed E-state index contributed by atoms with van der Waals surface area (Å²) in [6.07, 6.45) is 1.18. The Labute approximate surface area is 107 Å². The zero-order chi connectivity index (χ0) is 13.1. The quantitative estimate of drug-likeness (QED) is 0.839. The van der Waals surface area contributed by atoms with Crippen LogP contribution in [0.4, 0.5) is 13.2 Å². The van der Waals surface area contributed by atoms with Crippen LogP contribution in [0, 0.1) is 12.3 Å². The van der Waals surface area contributed by atoms with Crippen molar-refractivity contribution in [3.63, 3.8) is 0 Å². The van der Waals surface area contributed by atoms with Gasteiger partial charge >= 0.3 is 6.18 Å². The second-order valence-corrected chi connectivity index (χ2v) is 4.34. The highest BCUT2D eigenvalue weighted by molar-refractivity contribution is 9.10. The lowest BCUT2D eigenvalue weighted by Gasteiger charge is -2.17. The van der Waals surface area contributed by atoms with Crippen LogP contribution >= 0.6 is 15.9 Å². The molecule has 0 aliphatic carbocycles. The van der Waals surface area contributed by atoms with Gasteiger partial charge in [-0.1, -0.05) is 15.9 Å². The average Bonchev–Trinajstić information content (AvgIpc) is 2.25. The molecule has 0 spiro atoms. The predicted molar refractivity (Wildman–Crippen MR) is 64.4 cm³/mol. The Kier molecular flexibility index (Phi) is 4.61. The first kappa shape index (κ1) is 14.1. The van der Waals surface area contributed by atoms with E-state index in [0.717, 1.165) is 12.1 Å². The molecule has 1 unspecified atom stereocenters. The maximum Gasteiger partial charge on any atom is 0.416 e. The molecule has 0 amide bonds. The highest BCUT2D eigenvalue weighted by Crippen LogP contribution is 2.34. The molecule has 0 aliphatic rings. The van der Waals surface area contributed by atoms with Gasteiger partial charge in [0.05, 0.1) is 5.56 Å². The number of halogens is 4. The molecular formula is C12H11BrF3N. The molecule has 1 aromatic carbocycles. The van der Waals surface area contributed by atoms with E-state index in [1.807, 2.05) is 0 Å². The molecule has 5 heteroatoms. The molecule has 1 aromatic rings. The maximum absolute atomic E-state index is 12.6. The standard InChI is InChI=1S/C12H11BrF3N/c1-3-4-11(17-2)9-7-8(12(14,15)16)5-6-10(9)13/h1,5-7,11,17H,4H2,2H3. The molecule has 1 nitrogen and oxygen atoms in total. The van der Waals surface area contributed by atoms with Gasteiger partial charge in [-0.25, -0.2) is 0 Å². The second kappa shape index (κ2) is 5.56. The molecule has 0 heterocycles. The predicted octanol–water partition coefficient (Wildman–Crippen LogP) is 3.75. The van der Waals surface area contributed by atoms with Gasteiger partial charge in [-0.3, -0.25) is 0 Å². The Bertz CT molecular complexity index is 434. The van der Waals surface area contributed by atoms with Crippen LogP contribution < -0.4 is 5.32 Å². The Morgan fingerprint density at radius 3 is 2.59 bits per heavy atom. The van der Waals surface area contributed by atoms with Crippen LogP contribution in [-0.4, -0.2) is 7.05 Å². The third-order valence-electron chi connectivity index (χ3n) is 2.37. The minimum Gasteiger partial charge on any atom is -0.312 e. The van der Waals surface area contributed by atoms with E-state index >= 15 is 0 Å². The topological polar surface area (TPSA) is 12.0 Å². The fraction of sp³-hybridized carbons (Fsp3) is 0.333. The molecule has 1 N–H and O–H groups in total. The number of hydrogen-bond donors (Lipinski definition) is 1. The molecule has 17 heavy (non-hydrogen) atoms. The molecule has 0 aliphatic heterocycles. The lowest BCUT2D eigenvalue weighted by atomic mass is 10.0. The van der Waals surface area contributed by atoms with Crippen molar-refractivity contribution < 1.29 is 13.2 Å². The monoisotopic (exact) mass is 305 g/mol. The van der Waals surface area contributed by atoms with Crippen molar-refractivity contribution in [2.75, 3.05) is 7.05 Å². The molecule has 92 valence electrons. The lowest BCUT2D eigenvalue weighted by Crippen LogP contribution is -2.17. The van der Waals surface area contributed by atoms with Gasteiger partial charge in [-0.2, -0.15) is 13.2 Å². The van der Waals surface area contributed by atoms with E-state index < -0.39 is 11.7 Å². The van der Waals surface area contributed by atoms with Gasteiger partial charge in [0, 0.05) is 16.9 Å². The van der Waals surface area contributed by atoms with Crippen molar-refractivity contribution in [2.24, 2.45) is 0 Å². The Morgan fingerprint density at radius 1 is 1.47 bits per heavy atom. The molecule has 0 saturated heterocycles. The number of rotatable bonds is 3. The molecule has 1 atom stereocenters. The van der Waals surface area contributed by atoms with Gasteiger partial charge in [0.1, 0.15) is 0 Å². The van der Waals surface area contributed by atoms with E-state index in [2.05, 4.69) is 27.2 Å². The average molecular weight is 306 g/mol. The van der Waals surface area contributed by atoms with Crippen LogP contribution in [0.5, 0.6) is 0 Å². The van der Waals surface area contributed by atoms with Crippen molar-refractivity contribution in [3.05, 3.63) is 33.8 Å². The lowest BCUT2D eigenvalue weighted by molar-refractivity contribution is -0.137. The van der Waals surface area contributed by atoms with E-state index in [0.29, 0.717) is 16.5 Å². The molecule has 0 saturated carbocycles. The highest BCUT2D eigenvalue weighted by Gasteiger charge is 2.31. The summed E-state index contributed by atoms with van der Waals surface area (Å²) in [5.41, 5.74) is -0.159. The smallest absolute Gasteiger partial charge is 0.312 e. The molecular weight excluding hydrogens is 295 g/mol. The van der Waals surface area contributed by atoms with Crippen molar-refractivity contribution in [1.29, 1.82) is 0 Å². The molecule has 1 rings (SSSR count). The molecule has 0 fully saturated rings. The first-order valence-electron chi connectivity index (χ1n) is 4.87. The number of alkyl halides is 3. The maximum atomic E-state index is 12.6. The summed E-state index contributed by atoms with van der Waals surface area (Å²) in [6, 6.07) is 3.24. The normalized spacial score (nSPS) is 13.2. The van der Waals surface area contributed by atoms with Crippen molar-refractivity contribution in [2.45, 2.75) is 18.6 Å². The van der Waals surface area contributed by atoms with Gasteiger partial charge in [0.25, 0.3) is 0 Å². The Hall–Kier alpha value is -0.990. The van der Waals surface area contributed by atoms with Crippen LogP contribution in [0.25, 0.3) is 0 Å². The third kappa shape index (κ3) is 3.48. The molecule has 0 radical (unpaired) electrons. The summed E-state index contributed by atoms with van der Waals surface area (Å²) < 4.78 is 38.3. The van der Waals surface area contributed by atoms with Gasteiger partial charge in [-0.15, -0.1) is 12.3 Å². The van der Waals surface area contributed by atoms with E-state index in [1.165, 1.54) is 6.07 Å². The zero-order valence-corrected chi connectivity index (χ0v) is 10.7. The summed E-state index contributed by atoms with van der Waals surface area (Å²) in [7, 11) is 1.66. The fourth-order valence-electron chi connectivity index (χ4n) is 1.47. The molecule has 0 bridgehead atoms. The Balaban J connectivity index is 3.19. The number of benzene rings is 1. The van der Waals surface area contributed by atoms with E-state index in [9.17, 15) is 13.2 Å². The first-order chi connectivity index (χ1) is 7.90. The summed E-state index contributed by atoms with van der Waals surface area (Å²) in [6.45, 7) is 0. The van der Waals surface area contributed by atoms with Crippen LogP contribution in [0.3, 0.4) is 0 Å². The second-order valence-electron chi connectivity index (χ2n) is 3.48. The minimum atomic E-state index is -4.34. The first-order valence-corrected chi connectivity index (χ1v) is 5.66. The van der Waals surface area contributed by atoms with Crippen LogP contribution in [0.2, 0.25) is 0 Å². The Morgan fingerprint density at radius 2 is 2.12 bits per heavy atom. The van der Waals surface area contributed by atoms with Crippen LogP contribution in [0.15, 0.2) is 22.7 Å². The van der Waals surface area contributed by atoms with Crippen molar-refractivity contribution in [1.82, 2.24) is 5.32 Å². The fourth-order valence-corrected chi connectivity index (χ4v) is 2.00. The van der Waals surface area contributed by atoms with Crippen LogP contribution in [-0.2, 0) is 6.18 Å².